The van der Waals surface area contributed by atoms with Crippen LogP contribution < -0.4 is 15.4 Å². The maximum absolute atomic E-state index is 13.1. The molecule has 0 spiro atoms. The van der Waals surface area contributed by atoms with Gasteiger partial charge in [-0.05, 0) is 50.0 Å². The van der Waals surface area contributed by atoms with Crippen LogP contribution in [0.1, 0.15) is 46.9 Å². The van der Waals surface area contributed by atoms with Crippen LogP contribution in [0.25, 0.3) is 0 Å². The molecular weight excluding hydrogens is 436 g/mol. The molecule has 176 valence electrons. The van der Waals surface area contributed by atoms with Gasteiger partial charge in [-0.15, -0.1) is 0 Å². The summed E-state index contributed by atoms with van der Waals surface area (Å²) < 4.78 is 5.81. The predicted octanol–water partition coefficient (Wildman–Crippen LogP) is 3.77. The van der Waals surface area contributed by atoms with Crippen molar-refractivity contribution >= 4 is 34.8 Å². The fourth-order valence-electron chi connectivity index (χ4n) is 3.60. The van der Waals surface area contributed by atoms with Gasteiger partial charge in [0, 0.05) is 26.2 Å². The first-order valence-corrected chi connectivity index (χ1v) is 11.8. The molecule has 1 aliphatic rings. The lowest BCUT2D eigenvalue weighted by atomic mass is 10.1. The summed E-state index contributed by atoms with van der Waals surface area (Å²) in [5.41, 5.74) is 1.51. The molecule has 1 fully saturated rings. The molecule has 2 aromatic carbocycles. The van der Waals surface area contributed by atoms with Crippen LogP contribution in [0.4, 0.5) is 5.69 Å². The van der Waals surface area contributed by atoms with Gasteiger partial charge in [-0.25, -0.2) is 0 Å². The number of piperazine rings is 1. The number of hydrogen-bond donors (Lipinski definition) is 2. The Hall–Kier alpha value is -2.97. The van der Waals surface area contributed by atoms with Gasteiger partial charge in [0.15, 0.2) is 5.11 Å². The van der Waals surface area contributed by atoms with Crippen molar-refractivity contribution in [3.63, 3.8) is 0 Å². The molecule has 0 unspecified atom stereocenters. The number of hydrogen-bond acceptors (Lipinski definition) is 5. The van der Waals surface area contributed by atoms with Gasteiger partial charge in [0.05, 0.1) is 23.4 Å². The maximum Gasteiger partial charge on any atom is 0.261 e. The monoisotopic (exact) mass is 468 g/mol. The number of rotatable bonds is 8. The fourth-order valence-corrected chi connectivity index (χ4v) is 3.80. The molecule has 2 aromatic rings. The largest absolute Gasteiger partial charge is 0.493 e. The molecule has 1 saturated heterocycles. The van der Waals surface area contributed by atoms with E-state index >= 15 is 0 Å². The van der Waals surface area contributed by atoms with Crippen LogP contribution >= 0.6 is 12.2 Å². The van der Waals surface area contributed by atoms with E-state index in [1.54, 1.807) is 30.3 Å². The van der Waals surface area contributed by atoms with Crippen LogP contribution in [0.3, 0.4) is 0 Å². The molecule has 3 rings (SSSR count). The molecule has 1 heterocycles. The molecule has 1 aliphatic heterocycles. The summed E-state index contributed by atoms with van der Waals surface area (Å²) in [5.74, 6) is 0.118. The number of para-hydroxylation sites is 2. The Kier molecular flexibility index (Phi) is 9.21. The van der Waals surface area contributed by atoms with Crippen molar-refractivity contribution in [1.29, 1.82) is 0 Å². The van der Waals surface area contributed by atoms with Crippen LogP contribution in [0.5, 0.6) is 5.75 Å². The summed E-state index contributed by atoms with van der Waals surface area (Å²) in [6.07, 6.45) is 3.11. The smallest absolute Gasteiger partial charge is 0.261 e. The molecule has 0 aromatic heterocycles. The Labute approximate surface area is 201 Å². The molecule has 33 heavy (non-hydrogen) atoms. The summed E-state index contributed by atoms with van der Waals surface area (Å²) in [7, 11) is 2.05. The minimum Gasteiger partial charge on any atom is -0.493 e. The quantitative estimate of drug-likeness (QED) is 0.454. The molecule has 0 radical (unpaired) electrons. The van der Waals surface area contributed by atoms with Crippen LogP contribution in [-0.4, -0.2) is 66.6 Å². The summed E-state index contributed by atoms with van der Waals surface area (Å²) in [5, 5.41) is 5.85. The third kappa shape index (κ3) is 7.00. The Morgan fingerprint density at radius 1 is 0.970 bits per heavy atom. The summed E-state index contributed by atoms with van der Waals surface area (Å²) in [4.78, 5) is 30.0. The van der Waals surface area contributed by atoms with Crippen LogP contribution in [0.15, 0.2) is 48.5 Å². The van der Waals surface area contributed by atoms with E-state index in [2.05, 4.69) is 22.5 Å². The van der Waals surface area contributed by atoms with Crippen molar-refractivity contribution in [3.05, 3.63) is 59.7 Å². The first-order chi connectivity index (χ1) is 16.0. The second-order valence-electron chi connectivity index (χ2n) is 8.10. The van der Waals surface area contributed by atoms with E-state index in [4.69, 9.17) is 17.0 Å². The van der Waals surface area contributed by atoms with Crippen molar-refractivity contribution in [3.8, 4) is 5.75 Å². The highest BCUT2D eigenvalue weighted by Gasteiger charge is 2.23. The topological polar surface area (TPSA) is 73.9 Å². The molecular formula is C25H32N4O3S. The second-order valence-corrected chi connectivity index (χ2v) is 8.51. The van der Waals surface area contributed by atoms with Crippen molar-refractivity contribution in [2.45, 2.75) is 26.2 Å². The molecule has 0 saturated carbocycles. The van der Waals surface area contributed by atoms with Gasteiger partial charge in [-0.3, -0.25) is 14.9 Å². The van der Waals surface area contributed by atoms with Gasteiger partial charge in [0.25, 0.3) is 11.8 Å². The summed E-state index contributed by atoms with van der Waals surface area (Å²) in [6, 6.07) is 14.3. The van der Waals surface area contributed by atoms with Gasteiger partial charge in [0.2, 0.25) is 0 Å². The number of amides is 2. The minimum absolute atomic E-state index is 0.0499. The zero-order chi connectivity index (χ0) is 23.6. The highest BCUT2D eigenvalue weighted by atomic mass is 32.1. The molecule has 2 N–H and O–H groups in total. The summed E-state index contributed by atoms with van der Waals surface area (Å²) in [6.45, 7) is 5.74. The standard InChI is InChI=1S/C25H32N4O3S/c1-3-4-9-18-32-22-13-8-6-11-20(22)23(30)27-25(33)26-21-12-7-5-10-19(21)24(31)29-16-14-28(2)15-17-29/h5-8,10-13H,3-4,9,14-18H2,1-2H3,(H2,26,27,30,33). The number of nitrogens with zero attached hydrogens (tertiary/aromatic N) is 2. The first-order valence-electron chi connectivity index (χ1n) is 11.4. The number of unbranched alkanes of at least 4 members (excludes halogenated alkanes) is 2. The number of benzene rings is 2. The highest BCUT2D eigenvalue weighted by molar-refractivity contribution is 7.80. The van der Waals surface area contributed by atoms with E-state index in [0.717, 1.165) is 32.4 Å². The summed E-state index contributed by atoms with van der Waals surface area (Å²) >= 11 is 5.38. The normalized spacial score (nSPS) is 13.9. The zero-order valence-electron chi connectivity index (χ0n) is 19.3. The minimum atomic E-state index is -0.360. The number of anilines is 1. The van der Waals surface area contributed by atoms with Crippen molar-refractivity contribution in [1.82, 2.24) is 15.1 Å². The highest BCUT2D eigenvalue weighted by Crippen LogP contribution is 2.20. The Bertz CT molecular complexity index is 974. The Balaban J connectivity index is 1.64. The van der Waals surface area contributed by atoms with Crippen LogP contribution in [0.2, 0.25) is 0 Å². The van der Waals surface area contributed by atoms with Crippen molar-refractivity contribution in [2.75, 3.05) is 45.2 Å². The number of carbonyl (C=O) groups excluding carboxylic acids is 2. The lowest BCUT2D eigenvalue weighted by Gasteiger charge is -2.32. The SMILES string of the molecule is CCCCCOc1ccccc1C(=O)NC(=S)Nc1ccccc1C(=O)N1CCN(C)CC1. The van der Waals surface area contributed by atoms with Crippen LogP contribution in [0, 0.1) is 0 Å². The van der Waals surface area contributed by atoms with Crippen molar-refractivity contribution in [2.24, 2.45) is 0 Å². The predicted molar refractivity (Wildman–Crippen MR) is 135 cm³/mol. The van der Waals surface area contributed by atoms with Crippen molar-refractivity contribution < 1.29 is 14.3 Å². The van der Waals surface area contributed by atoms with Gasteiger partial charge < -0.3 is 19.9 Å². The van der Waals surface area contributed by atoms with Crippen LogP contribution in [-0.2, 0) is 0 Å². The molecule has 2 amide bonds. The average Bonchev–Trinajstić information content (AvgIpc) is 2.82. The number of nitrogens with one attached hydrogen (secondary N) is 2. The molecule has 0 aliphatic carbocycles. The third-order valence-electron chi connectivity index (χ3n) is 5.56. The lowest BCUT2D eigenvalue weighted by Crippen LogP contribution is -2.47. The van der Waals surface area contributed by atoms with E-state index in [1.165, 1.54) is 0 Å². The number of ether oxygens (including phenoxy) is 1. The molecule has 0 bridgehead atoms. The number of likely N-dealkylation sites (N-methyl/N-ethyl adjacent to an activating group) is 1. The maximum atomic E-state index is 13.1. The Morgan fingerprint density at radius 3 is 2.36 bits per heavy atom. The van der Waals surface area contributed by atoms with Gasteiger partial charge in [-0.2, -0.15) is 0 Å². The number of carbonyl (C=O) groups is 2. The van der Waals surface area contributed by atoms with E-state index < -0.39 is 0 Å². The van der Waals surface area contributed by atoms with E-state index in [1.807, 2.05) is 30.1 Å². The van der Waals surface area contributed by atoms with E-state index in [9.17, 15) is 9.59 Å². The zero-order valence-corrected chi connectivity index (χ0v) is 20.1. The third-order valence-corrected chi connectivity index (χ3v) is 5.76. The van der Waals surface area contributed by atoms with E-state index in [-0.39, 0.29) is 16.9 Å². The lowest BCUT2D eigenvalue weighted by molar-refractivity contribution is 0.0665. The molecule has 8 heteroatoms. The molecule has 0 atom stereocenters. The first kappa shape index (κ1) is 24.7. The average molecular weight is 469 g/mol. The second kappa shape index (κ2) is 12.3. The molecule has 7 nitrogen and oxygen atoms in total. The van der Waals surface area contributed by atoms with Gasteiger partial charge in [-0.1, -0.05) is 44.0 Å². The number of thiocarbonyl (C=S) groups is 1. The van der Waals surface area contributed by atoms with E-state index in [0.29, 0.717) is 42.3 Å². The fraction of sp³-hybridized carbons (Fsp3) is 0.400. The van der Waals surface area contributed by atoms with Gasteiger partial charge in [0.1, 0.15) is 5.75 Å². The van der Waals surface area contributed by atoms with Gasteiger partial charge >= 0.3 is 0 Å². The Morgan fingerprint density at radius 2 is 1.64 bits per heavy atom.